The zero-order valence-corrected chi connectivity index (χ0v) is 9.41. The minimum absolute atomic E-state index is 0.172. The minimum atomic E-state index is 0.172. The van der Waals surface area contributed by atoms with Crippen molar-refractivity contribution in [1.29, 1.82) is 0 Å². The van der Waals surface area contributed by atoms with Crippen LogP contribution in [0.2, 0.25) is 0 Å². The van der Waals surface area contributed by atoms with E-state index in [1.165, 1.54) is 0 Å². The maximum absolute atomic E-state index is 4.02. The van der Waals surface area contributed by atoms with E-state index in [2.05, 4.69) is 53.4 Å². The van der Waals surface area contributed by atoms with Crippen LogP contribution in [-0.4, -0.2) is 6.54 Å². The van der Waals surface area contributed by atoms with E-state index >= 15 is 0 Å². The summed E-state index contributed by atoms with van der Waals surface area (Å²) in [5.41, 5.74) is 1.62. The van der Waals surface area contributed by atoms with Crippen LogP contribution in [0.3, 0.4) is 0 Å². The van der Waals surface area contributed by atoms with Gasteiger partial charge in [-0.3, -0.25) is 0 Å². The molecule has 0 spiro atoms. The second-order valence-corrected chi connectivity index (χ2v) is 5.64. The Kier molecular flexibility index (Phi) is 3.37. The first-order chi connectivity index (χ1) is 5.13. The molecule has 0 saturated carbocycles. The molecule has 0 aliphatic heterocycles. The first kappa shape index (κ1) is 11.5. The van der Waals surface area contributed by atoms with Crippen molar-refractivity contribution < 1.29 is 0 Å². The fourth-order valence-corrected chi connectivity index (χ4v) is 0.637. The summed E-state index contributed by atoms with van der Waals surface area (Å²) in [6, 6.07) is 0. The fraction of sp³-hybridized carbons (Fsp3) is 0.818. The minimum Gasteiger partial charge on any atom is -0.388 e. The topological polar surface area (TPSA) is 12.0 Å². The number of rotatable bonds is 2. The van der Waals surface area contributed by atoms with Crippen molar-refractivity contribution in [2.45, 2.75) is 41.5 Å². The van der Waals surface area contributed by atoms with Crippen LogP contribution in [0.4, 0.5) is 0 Å². The molecule has 0 aromatic carbocycles. The zero-order chi connectivity index (χ0) is 9.99. The van der Waals surface area contributed by atoms with Gasteiger partial charge < -0.3 is 5.32 Å². The normalized spacial score (nSPS) is 12.8. The second kappa shape index (κ2) is 3.51. The van der Waals surface area contributed by atoms with E-state index in [4.69, 9.17) is 0 Å². The Hall–Kier alpha value is -0.460. The van der Waals surface area contributed by atoms with Gasteiger partial charge >= 0.3 is 0 Å². The predicted molar refractivity (Wildman–Crippen MR) is 56.1 cm³/mol. The van der Waals surface area contributed by atoms with Crippen molar-refractivity contribution in [1.82, 2.24) is 5.32 Å². The first-order valence-corrected chi connectivity index (χ1v) is 4.56. The third-order valence-electron chi connectivity index (χ3n) is 1.74. The number of hydrogen-bond acceptors (Lipinski definition) is 1. The smallest absolute Gasteiger partial charge is 0.0192 e. The van der Waals surface area contributed by atoms with E-state index in [1.54, 1.807) is 0 Å². The molecule has 0 fully saturated rings. The van der Waals surface area contributed by atoms with Gasteiger partial charge in [-0.05, 0) is 5.41 Å². The van der Waals surface area contributed by atoms with Gasteiger partial charge in [-0.2, -0.15) is 0 Å². The molecule has 12 heavy (non-hydrogen) atoms. The summed E-state index contributed by atoms with van der Waals surface area (Å²) in [6.45, 7) is 18.2. The van der Waals surface area contributed by atoms with E-state index in [-0.39, 0.29) is 5.41 Å². The Morgan fingerprint density at radius 3 is 1.75 bits per heavy atom. The van der Waals surface area contributed by atoms with Gasteiger partial charge in [0.05, 0.1) is 0 Å². The van der Waals surface area contributed by atoms with E-state index in [9.17, 15) is 0 Å². The molecule has 1 nitrogen and oxygen atoms in total. The average molecular weight is 169 g/mol. The lowest BCUT2D eigenvalue weighted by atomic mass is 9.91. The van der Waals surface area contributed by atoms with Crippen molar-refractivity contribution in [3.63, 3.8) is 0 Å². The van der Waals surface area contributed by atoms with E-state index in [1.807, 2.05) is 0 Å². The van der Waals surface area contributed by atoms with Gasteiger partial charge in [-0.1, -0.05) is 48.1 Å². The molecule has 0 aromatic rings. The van der Waals surface area contributed by atoms with E-state index in [0.29, 0.717) is 5.41 Å². The summed E-state index contributed by atoms with van der Waals surface area (Å²) in [6.07, 6.45) is 0. The molecule has 0 rings (SSSR count). The van der Waals surface area contributed by atoms with Crippen LogP contribution in [0.15, 0.2) is 12.3 Å². The molecule has 0 bridgehead atoms. The average Bonchev–Trinajstić information content (AvgIpc) is 1.78. The van der Waals surface area contributed by atoms with E-state index < -0.39 is 0 Å². The number of allylic oxidation sites excluding steroid dienone is 1. The predicted octanol–water partition coefficient (Wildman–Crippen LogP) is 3.18. The lowest BCUT2D eigenvalue weighted by molar-refractivity contribution is 0.367. The van der Waals surface area contributed by atoms with Crippen molar-refractivity contribution >= 4 is 0 Å². The SMILES string of the molecule is C=C(NCC(C)(C)C)C(C)(C)C. The highest BCUT2D eigenvalue weighted by Crippen LogP contribution is 2.22. The van der Waals surface area contributed by atoms with Crippen LogP contribution in [0.5, 0.6) is 0 Å². The van der Waals surface area contributed by atoms with Gasteiger partial charge in [0.25, 0.3) is 0 Å². The highest BCUT2D eigenvalue weighted by atomic mass is 14.9. The summed E-state index contributed by atoms with van der Waals surface area (Å²) in [5.74, 6) is 0. The summed E-state index contributed by atoms with van der Waals surface area (Å²) in [4.78, 5) is 0. The molecular formula is C11H23N. The van der Waals surface area contributed by atoms with Gasteiger partial charge in [0.15, 0.2) is 0 Å². The lowest BCUT2D eigenvalue weighted by Crippen LogP contribution is -2.31. The van der Waals surface area contributed by atoms with Crippen LogP contribution in [0.1, 0.15) is 41.5 Å². The van der Waals surface area contributed by atoms with Crippen LogP contribution in [0.25, 0.3) is 0 Å². The standard InChI is InChI=1S/C11H23N/c1-9(11(5,6)7)12-8-10(2,3)4/h12H,1,8H2,2-7H3. The zero-order valence-electron chi connectivity index (χ0n) is 9.41. The van der Waals surface area contributed by atoms with Crippen molar-refractivity contribution in [2.75, 3.05) is 6.54 Å². The van der Waals surface area contributed by atoms with Crippen molar-refractivity contribution in [3.8, 4) is 0 Å². The summed E-state index contributed by atoms with van der Waals surface area (Å²) in [5, 5.41) is 3.37. The van der Waals surface area contributed by atoms with Crippen molar-refractivity contribution in [3.05, 3.63) is 12.3 Å². The van der Waals surface area contributed by atoms with Gasteiger partial charge in [0.1, 0.15) is 0 Å². The summed E-state index contributed by atoms with van der Waals surface area (Å²) < 4.78 is 0. The van der Waals surface area contributed by atoms with Gasteiger partial charge in [0.2, 0.25) is 0 Å². The first-order valence-electron chi connectivity index (χ1n) is 4.56. The van der Waals surface area contributed by atoms with Gasteiger partial charge in [-0.15, -0.1) is 0 Å². The summed E-state index contributed by atoms with van der Waals surface area (Å²) in [7, 11) is 0. The maximum atomic E-state index is 4.02. The quantitative estimate of drug-likeness (QED) is 0.669. The molecule has 0 aliphatic rings. The Morgan fingerprint density at radius 1 is 1.08 bits per heavy atom. The summed E-state index contributed by atoms with van der Waals surface area (Å²) >= 11 is 0. The van der Waals surface area contributed by atoms with Crippen LogP contribution < -0.4 is 5.32 Å². The van der Waals surface area contributed by atoms with Gasteiger partial charge in [0, 0.05) is 17.7 Å². The lowest BCUT2D eigenvalue weighted by Gasteiger charge is -2.27. The molecule has 0 heterocycles. The molecule has 1 N–H and O–H groups in total. The third kappa shape index (κ3) is 5.22. The molecule has 0 radical (unpaired) electrons. The van der Waals surface area contributed by atoms with Crippen LogP contribution in [0, 0.1) is 10.8 Å². The van der Waals surface area contributed by atoms with Gasteiger partial charge in [-0.25, -0.2) is 0 Å². The Morgan fingerprint density at radius 2 is 1.50 bits per heavy atom. The maximum Gasteiger partial charge on any atom is 0.0192 e. The number of nitrogens with one attached hydrogen (secondary N) is 1. The second-order valence-electron chi connectivity index (χ2n) is 5.64. The molecule has 0 aromatic heterocycles. The number of hydrogen-bond donors (Lipinski definition) is 1. The monoisotopic (exact) mass is 169 g/mol. The highest BCUT2D eigenvalue weighted by molar-refractivity contribution is 5.02. The molecule has 0 saturated heterocycles. The van der Waals surface area contributed by atoms with E-state index in [0.717, 1.165) is 12.2 Å². The Balaban J connectivity index is 3.90. The molecule has 0 aliphatic carbocycles. The van der Waals surface area contributed by atoms with Crippen molar-refractivity contribution in [2.24, 2.45) is 10.8 Å². The molecular weight excluding hydrogens is 146 g/mol. The molecule has 0 unspecified atom stereocenters. The Bertz CT molecular complexity index is 155. The molecule has 0 amide bonds. The molecule has 72 valence electrons. The molecule has 1 heteroatoms. The Labute approximate surface area is 77.2 Å². The third-order valence-corrected chi connectivity index (χ3v) is 1.74. The highest BCUT2D eigenvalue weighted by Gasteiger charge is 2.17. The molecule has 0 atom stereocenters. The fourth-order valence-electron chi connectivity index (χ4n) is 0.637. The van der Waals surface area contributed by atoms with Crippen LogP contribution >= 0.6 is 0 Å². The van der Waals surface area contributed by atoms with Crippen LogP contribution in [-0.2, 0) is 0 Å². The largest absolute Gasteiger partial charge is 0.388 e.